The number of aromatic nitrogens is 1. The Morgan fingerprint density at radius 3 is 1.45 bits per heavy atom. The molecule has 15 amide bonds. The molecule has 7 aromatic rings. The van der Waals surface area contributed by atoms with E-state index in [0.29, 0.717) is 57.1 Å². The lowest BCUT2D eigenvalue weighted by Crippen LogP contribution is -2.61. The number of nitrogens with one attached hydrogen (secondary N) is 11. The molecule has 129 heavy (non-hydrogen) atoms. The molecule has 0 aliphatic carbocycles. The van der Waals surface area contributed by atoms with Crippen LogP contribution in [-0.2, 0) is 115 Å². The maximum atomic E-state index is 15.5. The molecule has 1 aliphatic heterocycles. The molecule has 1 aromatic heterocycles. The van der Waals surface area contributed by atoms with Crippen molar-refractivity contribution in [1.82, 2.24) is 77.8 Å². The molecular formula is C93H118N16O19S. The zero-order valence-electron chi connectivity index (χ0n) is 74.1. The van der Waals surface area contributed by atoms with Gasteiger partial charge in [-0.15, -0.1) is 11.8 Å². The van der Waals surface area contributed by atoms with E-state index in [-0.39, 0.29) is 74.5 Å². The average Bonchev–Trinajstić information content (AvgIpc) is 1.45. The molecule has 0 saturated carbocycles. The fourth-order valence-corrected chi connectivity index (χ4v) is 15.6. The number of fused-ring (bicyclic) bond motifs is 1. The number of benzene rings is 6. The summed E-state index contributed by atoms with van der Waals surface area (Å²) in [5, 5.41) is 58.2. The summed E-state index contributed by atoms with van der Waals surface area (Å²) < 4.78 is 0. The minimum Gasteiger partial charge on any atom is -0.508 e. The van der Waals surface area contributed by atoms with Crippen LogP contribution in [0.25, 0.3) is 10.9 Å². The van der Waals surface area contributed by atoms with Gasteiger partial charge in [-0.05, 0) is 95.3 Å². The Labute approximate surface area is 753 Å². The largest absolute Gasteiger partial charge is 0.508 e. The van der Waals surface area contributed by atoms with Crippen molar-refractivity contribution in [1.29, 1.82) is 0 Å². The van der Waals surface area contributed by atoms with Gasteiger partial charge in [0.05, 0.1) is 31.8 Å². The number of para-hydroxylation sites is 1. The molecular weight excluding hydrogens is 1680 g/mol. The van der Waals surface area contributed by atoms with Crippen molar-refractivity contribution < 1.29 is 92.0 Å². The van der Waals surface area contributed by atoms with Crippen molar-refractivity contribution in [2.45, 2.75) is 179 Å². The van der Waals surface area contributed by atoms with Crippen LogP contribution < -0.4 is 58.9 Å². The Morgan fingerprint density at radius 1 is 0.473 bits per heavy atom. The highest BCUT2D eigenvalue weighted by atomic mass is 32.2. The first-order valence-electron chi connectivity index (χ1n) is 42.7. The monoisotopic (exact) mass is 1790 g/mol. The Morgan fingerprint density at radius 2 is 0.915 bits per heavy atom. The van der Waals surface area contributed by atoms with E-state index in [1.165, 1.54) is 86.5 Å². The number of nitrogens with zero attached hydrogens (tertiary/aromatic N) is 4. The predicted molar refractivity (Wildman–Crippen MR) is 482 cm³/mol. The molecule has 1 aliphatic rings. The number of amides is 15. The molecule has 11 atom stereocenters. The van der Waals surface area contributed by atoms with Gasteiger partial charge in [0.15, 0.2) is 0 Å². The van der Waals surface area contributed by atoms with Gasteiger partial charge in [0, 0.05) is 89.6 Å². The van der Waals surface area contributed by atoms with Crippen molar-refractivity contribution in [3.05, 3.63) is 203 Å². The van der Waals surface area contributed by atoms with Crippen molar-refractivity contribution in [2.24, 2.45) is 17.6 Å². The lowest BCUT2D eigenvalue weighted by molar-refractivity contribution is -0.151. The Hall–Kier alpha value is -13.7. The quantitative estimate of drug-likeness (QED) is 0.0437. The first-order chi connectivity index (χ1) is 61.3. The smallest absolute Gasteiger partial charge is 0.305 e. The average molecular weight is 1800 g/mol. The molecule has 1 saturated heterocycles. The molecule has 2 heterocycles. The second kappa shape index (κ2) is 48.9. The second-order valence-corrected chi connectivity index (χ2v) is 34.2. The van der Waals surface area contributed by atoms with Gasteiger partial charge in [-0.25, -0.2) is 0 Å². The molecule has 35 nitrogen and oxygen atoms in total. The van der Waals surface area contributed by atoms with Gasteiger partial charge in [-0.1, -0.05) is 180 Å². The van der Waals surface area contributed by atoms with Gasteiger partial charge < -0.3 is 98.8 Å². The van der Waals surface area contributed by atoms with E-state index < -0.39 is 199 Å². The molecule has 690 valence electrons. The number of carboxylic acids is 1. The maximum Gasteiger partial charge on any atom is 0.305 e. The van der Waals surface area contributed by atoms with Gasteiger partial charge in [0.25, 0.3) is 0 Å². The van der Waals surface area contributed by atoms with Crippen molar-refractivity contribution >= 4 is 117 Å². The Bertz CT molecular complexity index is 5080. The number of aromatic amines is 1. The third kappa shape index (κ3) is 31.1. The van der Waals surface area contributed by atoms with E-state index in [0.717, 1.165) is 27.1 Å². The third-order valence-corrected chi connectivity index (χ3v) is 22.9. The lowest BCUT2D eigenvalue weighted by Gasteiger charge is -2.37. The number of nitrogens with two attached hydrogens (primary N) is 1. The summed E-state index contributed by atoms with van der Waals surface area (Å²) in [7, 11) is 5.24. The number of phenols is 2. The highest BCUT2D eigenvalue weighted by molar-refractivity contribution is 8.00. The topological polar surface area (TPSA) is 509 Å². The molecule has 11 unspecified atom stereocenters. The number of rotatable bonds is 23. The summed E-state index contributed by atoms with van der Waals surface area (Å²) in [6.45, 7) is 7.96. The summed E-state index contributed by atoms with van der Waals surface area (Å²) >= 11 is 0.829. The molecule has 6 aromatic carbocycles. The number of thioether (sulfide) groups is 1. The summed E-state index contributed by atoms with van der Waals surface area (Å²) in [6, 6.07) is 25.6. The molecule has 16 N–H and O–H groups in total. The minimum absolute atomic E-state index is 0.0292. The first kappa shape index (κ1) is 101. The molecule has 0 bridgehead atoms. The number of H-pyrrole nitrogens is 1. The Balaban J connectivity index is 1.21. The number of hydrogen-bond acceptors (Lipinski definition) is 19. The fourth-order valence-electron chi connectivity index (χ4n) is 14.8. The SMILES string of the molecule is CCCCC1C(=O)N(C)CC(=O)NC(CC(=O)O)C(=O)NC(C(C)C)C(=O)NC(Cc2ccc(C)cc2)C(=O)NC(Cc2ccc(O)cc2)C(=O)N(C)CC(=O)NC(Cc2c[nH]c3ccccc23)C(=O)NC(Cc2ccc(O)cc2)C(=O)NC(CC(C)C)C(=O)NC(C(=O)NCC(N)=O)CSCC(=O)NC(Cc2ccccc2)C(=O)N(C)C(Cc2ccccc2)C(=O)N1C. The molecule has 1 fully saturated rings. The van der Waals surface area contributed by atoms with Crippen LogP contribution in [0.2, 0.25) is 0 Å². The molecule has 36 heteroatoms. The normalized spacial score (nSPS) is 21.8. The summed E-state index contributed by atoms with van der Waals surface area (Å²) in [5.41, 5.74) is 9.93. The van der Waals surface area contributed by atoms with E-state index in [1.54, 1.807) is 143 Å². The number of hydrogen-bond donors (Lipinski definition) is 15. The number of carbonyl (C=O) groups excluding carboxylic acids is 15. The number of carboxylic acid groups (broad SMARTS) is 1. The fraction of sp³-hybridized carbons (Fsp3) is 0.419. The van der Waals surface area contributed by atoms with E-state index >= 15 is 28.8 Å². The highest BCUT2D eigenvalue weighted by Crippen LogP contribution is 2.24. The van der Waals surface area contributed by atoms with Crippen LogP contribution in [-0.4, -0.2) is 260 Å². The van der Waals surface area contributed by atoms with Crippen molar-refractivity contribution in [2.75, 3.05) is 59.3 Å². The summed E-state index contributed by atoms with van der Waals surface area (Å²) in [6.07, 6.45) is 0.0539. The number of likely N-dealkylation sites (N-methyl/N-ethyl adjacent to an activating group) is 4. The van der Waals surface area contributed by atoms with E-state index in [4.69, 9.17) is 5.73 Å². The third-order valence-electron chi connectivity index (χ3n) is 21.9. The van der Waals surface area contributed by atoms with Crippen molar-refractivity contribution in [3.63, 3.8) is 0 Å². The second-order valence-electron chi connectivity index (χ2n) is 33.2. The molecule has 0 spiro atoms. The van der Waals surface area contributed by atoms with E-state index in [9.17, 15) is 63.3 Å². The number of unbranched alkanes of at least 4 members (excludes halogenated alkanes) is 1. The molecule has 8 rings (SSSR count). The van der Waals surface area contributed by atoms with E-state index in [2.05, 4.69) is 58.2 Å². The van der Waals surface area contributed by atoms with Crippen LogP contribution in [0.5, 0.6) is 11.5 Å². The predicted octanol–water partition coefficient (Wildman–Crippen LogP) is 2.29. The van der Waals surface area contributed by atoms with Crippen LogP contribution in [0.15, 0.2) is 164 Å². The molecule has 0 radical (unpaired) electrons. The first-order valence-corrected chi connectivity index (χ1v) is 43.8. The number of aryl methyl sites for hydroxylation is 1. The van der Waals surface area contributed by atoms with Crippen LogP contribution in [0.3, 0.4) is 0 Å². The minimum atomic E-state index is -1.91. The number of carbonyl (C=O) groups is 16. The van der Waals surface area contributed by atoms with Crippen LogP contribution >= 0.6 is 11.8 Å². The number of phenolic OH excluding ortho intramolecular Hbond substituents is 2. The van der Waals surface area contributed by atoms with Gasteiger partial charge in [-0.3, -0.25) is 76.7 Å². The number of aromatic hydroxyl groups is 2. The van der Waals surface area contributed by atoms with Crippen LogP contribution in [0, 0.1) is 18.8 Å². The van der Waals surface area contributed by atoms with Gasteiger partial charge in [0.1, 0.15) is 78.0 Å². The standard InChI is InChI=1S/C93H118N16O19S/c1-11-12-27-75-92(127)107(8)51-79(114)98-71(47-81(116)117)88(123)105-82(55(4)5)89(124)102-69(41-59-30-28-56(6)29-31-59)86(121)103-72(44-61-34-38-64(111)39-35-61)90(125)106(7)50-78(113)97-70(46-62-48-95-66-26-20-19-25-65(62)66)87(122)101-68(42-60-32-36-63(110)37-33-60)85(120)100-67(40-54(2)3)84(119)104-74(83(118)96-49-77(94)112)52-129-53-80(115)99-73(43-57-21-15-13-16-22-57)91(126)109(10)76(93(128)108(75)9)45-58-23-17-14-18-24-58/h13-26,28-39,48,54-55,67-76,82,95,110-111H,11-12,27,40-47,49-53H2,1-10H3,(H2,94,112)(H,96,118)(H,97,113)(H,98,114)(H,99,115)(H,100,120)(H,101,122)(H,102,124)(H,103,121)(H,104,119)(H,105,123)(H,116,117). The van der Waals surface area contributed by atoms with Crippen LogP contribution in [0.4, 0.5) is 0 Å². The van der Waals surface area contributed by atoms with E-state index in [1.807, 2.05) is 13.8 Å². The summed E-state index contributed by atoms with van der Waals surface area (Å²) in [4.78, 5) is 242. The number of primary amides is 1. The Kier molecular flexibility index (Phi) is 38.2. The zero-order chi connectivity index (χ0) is 94.3. The van der Waals surface area contributed by atoms with Gasteiger partial charge >= 0.3 is 5.97 Å². The number of aliphatic carboxylic acids is 1. The van der Waals surface area contributed by atoms with Crippen LogP contribution in [0.1, 0.15) is 106 Å². The van der Waals surface area contributed by atoms with Gasteiger partial charge in [-0.2, -0.15) is 0 Å². The summed E-state index contributed by atoms with van der Waals surface area (Å²) in [5.74, 6) is -17.6. The lowest BCUT2D eigenvalue weighted by atomic mass is 9.99. The van der Waals surface area contributed by atoms with Crippen molar-refractivity contribution in [3.8, 4) is 11.5 Å². The zero-order valence-corrected chi connectivity index (χ0v) is 74.9. The maximum absolute atomic E-state index is 15.5. The van der Waals surface area contributed by atoms with Gasteiger partial charge in [0.2, 0.25) is 88.6 Å². The highest BCUT2D eigenvalue weighted by Gasteiger charge is 2.41.